The third-order valence-electron chi connectivity index (χ3n) is 3.99. The Kier molecular flexibility index (Phi) is 5.19. The maximum atomic E-state index is 8.64. The molecule has 0 spiro atoms. The number of fused-ring (bicyclic) bond motifs is 3. The Bertz CT molecular complexity index is 1210. The van der Waals surface area contributed by atoms with Crippen molar-refractivity contribution in [3.8, 4) is 24.3 Å². The molecule has 2 aromatic carbocycles. The molecule has 0 fully saturated rings. The number of rotatable bonds is 0. The maximum absolute atomic E-state index is 8.64. The molecular weight excluding hydrogens is 348 g/mol. The third kappa shape index (κ3) is 3.44. The molecule has 0 aliphatic rings. The van der Waals surface area contributed by atoms with E-state index in [1.807, 2.05) is 24.4 Å². The molecule has 0 unspecified atom stereocenters. The average molecular weight is 358 g/mol. The van der Waals surface area contributed by atoms with Crippen LogP contribution in [0.4, 0.5) is 0 Å². The highest BCUT2D eigenvalue weighted by Crippen LogP contribution is 2.21. The van der Waals surface area contributed by atoms with Gasteiger partial charge in [-0.15, -0.1) is 0 Å². The van der Waals surface area contributed by atoms with E-state index < -0.39 is 0 Å². The van der Waals surface area contributed by atoms with Crippen molar-refractivity contribution in [1.82, 2.24) is 9.97 Å². The summed E-state index contributed by atoms with van der Waals surface area (Å²) in [7, 11) is 0. The molecule has 2 aromatic heterocycles. The summed E-state index contributed by atoms with van der Waals surface area (Å²) in [5.74, 6) is 0. The number of nitrogens with zero attached hydrogens (tertiary/aromatic N) is 6. The van der Waals surface area contributed by atoms with Crippen LogP contribution in [0.1, 0.15) is 22.3 Å². The minimum Gasteiger partial charge on any atom is -0.256 e. The first-order valence-corrected chi connectivity index (χ1v) is 8.08. The van der Waals surface area contributed by atoms with E-state index >= 15 is 0 Å². The molecule has 0 bridgehead atoms. The second kappa shape index (κ2) is 8.07. The standard InChI is InChI=1S/C12H8N2.C10H2N4/c1-3-9-5-6-11-10(4-2-7-13-11)12(9)14-8-1;11-3-7-1-8(4-12)10(6-14)2-9(7)5-13/h1-8H;1-2H. The lowest BCUT2D eigenvalue weighted by Gasteiger charge is -2.00. The van der Waals surface area contributed by atoms with E-state index in [-0.39, 0.29) is 22.3 Å². The number of pyridine rings is 2. The molecular formula is C22H10N6. The van der Waals surface area contributed by atoms with E-state index in [2.05, 4.69) is 28.2 Å². The van der Waals surface area contributed by atoms with E-state index in [9.17, 15) is 0 Å². The number of hydrogen-bond acceptors (Lipinski definition) is 6. The van der Waals surface area contributed by atoms with Gasteiger partial charge in [-0.05, 0) is 36.4 Å². The molecule has 4 rings (SSSR count). The van der Waals surface area contributed by atoms with E-state index in [4.69, 9.17) is 21.0 Å². The Morgan fingerprint density at radius 1 is 0.607 bits per heavy atom. The normalized spacial score (nSPS) is 9.29. The number of benzene rings is 2. The monoisotopic (exact) mass is 358 g/mol. The zero-order valence-electron chi connectivity index (χ0n) is 14.5. The highest BCUT2D eigenvalue weighted by molar-refractivity contribution is 6.03. The molecule has 0 atom stereocenters. The summed E-state index contributed by atoms with van der Waals surface area (Å²) in [4.78, 5) is 8.66. The summed E-state index contributed by atoms with van der Waals surface area (Å²) in [6.45, 7) is 0. The predicted octanol–water partition coefficient (Wildman–Crippen LogP) is 3.96. The van der Waals surface area contributed by atoms with Crippen molar-refractivity contribution in [2.75, 3.05) is 0 Å². The summed E-state index contributed by atoms with van der Waals surface area (Å²) in [5.41, 5.74) is 2.48. The van der Waals surface area contributed by atoms with E-state index in [0.717, 1.165) is 21.8 Å². The van der Waals surface area contributed by atoms with Gasteiger partial charge < -0.3 is 0 Å². The highest BCUT2D eigenvalue weighted by Gasteiger charge is 2.08. The van der Waals surface area contributed by atoms with Gasteiger partial charge in [0.15, 0.2) is 0 Å². The van der Waals surface area contributed by atoms with Crippen molar-refractivity contribution >= 4 is 21.8 Å². The summed E-state index contributed by atoms with van der Waals surface area (Å²) < 4.78 is 0. The largest absolute Gasteiger partial charge is 0.256 e. The van der Waals surface area contributed by atoms with Crippen LogP contribution < -0.4 is 0 Å². The highest BCUT2D eigenvalue weighted by atomic mass is 14.7. The molecule has 0 aliphatic carbocycles. The summed E-state index contributed by atoms with van der Waals surface area (Å²) in [6, 6.07) is 21.7. The van der Waals surface area contributed by atoms with Gasteiger partial charge in [-0.2, -0.15) is 21.0 Å². The van der Waals surface area contributed by atoms with Crippen molar-refractivity contribution in [3.05, 3.63) is 83.2 Å². The molecule has 0 saturated carbocycles. The van der Waals surface area contributed by atoms with Gasteiger partial charge in [0.05, 0.1) is 33.3 Å². The minimum absolute atomic E-state index is 0.114. The van der Waals surface area contributed by atoms with Crippen molar-refractivity contribution in [1.29, 1.82) is 21.0 Å². The van der Waals surface area contributed by atoms with Crippen molar-refractivity contribution in [2.45, 2.75) is 0 Å². The Morgan fingerprint density at radius 2 is 1.14 bits per heavy atom. The fourth-order valence-corrected chi connectivity index (χ4v) is 2.67. The Labute approximate surface area is 160 Å². The first-order valence-electron chi connectivity index (χ1n) is 8.08. The molecule has 0 N–H and O–H groups in total. The smallest absolute Gasteiger partial charge is 0.101 e. The molecule has 6 heteroatoms. The van der Waals surface area contributed by atoms with Gasteiger partial charge in [-0.25, -0.2) is 0 Å². The topological polar surface area (TPSA) is 121 Å². The Hall–Kier alpha value is -4.78. The molecule has 2 heterocycles. The number of aromatic nitrogens is 2. The van der Waals surface area contributed by atoms with Gasteiger partial charge in [-0.1, -0.05) is 12.1 Å². The quantitative estimate of drug-likeness (QED) is 0.439. The fourth-order valence-electron chi connectivity index (χ4n) is 2.67. The molecule has 0 aliphatic heterocycles. The van der Waals surface area contributed by atoms with Gasteiger partial charge >= 0.3 is 0 Å². The van der Waals surface area contributed by atoms with Crippen LogP contribution in [-0.2, 0) is 0 Å². The molecule has 128 valence electrons. The van der Waals surface area contributed by atoms with Crippen LogP contribution in [0, 0.1) is 45.3 Å². The molecule has 0 saturated heterocycles. The van der Waals surface area contributed by atoms with E-state index in [0.29, 0.717) is 0 Å². The minimum atomic E-state index is 0.114. The second-order valence-corrected chi connectivity index (χ2v) is 5.60. The maximum Gasteiger partial charge on any atom is 0.101 e. The van der Waals surface area contributed by atoms with Gasteiger partial charge in [0.1, 0.15) is 24.3 Å². The lowest BCUT2D eigenvalue weighted by atomic mass is 10.0. The average Bonchev–Trinajstić information content (AvgIpc) is 2.78. The van der Waals surface area contributed by atoms with E-state index in [1.54, 1.807) is 30.5 Å². The molecule has 6 nitrogen and oxygen atoms in total. The summed E-state index contributed by atoms with van der Waals surface area (Å²) in [5, 5.41) is 36.8. The second-order valence-electron chi connectivity index (χ2n) is 5.60. The van der Waals surface area contributed by atoms with Gasteiger partial charge in [0, 0.05) is 23.2 Å². The number of hydrogen-bond donors (Lipinski definition) is 0. The van der Waals surface area contributed by atoms with Crippen LogP contribution >= 0.6 is 0 Å². The first-order chi connectivity index (χ1) is 13.7. The van der Waals surface area contributed by atoms with Crippen molar-refractivity contribution in [2.24, 2.45) is 0 Å². The third-order valence-corrected chi connectivity index (χ3v) is 3.99. The fraction of sp³-hybridized carbons (Fsp3) is 0. The molecule has 0 amide bonds. The van der Waals surface area contributed by atoms with Crippen LogP contribution in [0.3, 0.4) is 0 Å². The van der Waals surface area contributed by atoms with Crippen LogP contribution in [-0.4, -0.2) is 9.97 Å². The Morgan fingerprint density at radius 3 is 1.71 bits per heavy atom. The first kappa shape index (κ1) is 18.0. The summed E-state index contributed by atoms with van der Waals surface area (Å²) in [6.07, 6.45) is 3.62. The van der Waals surface area contributed by atoms with Crippen LogP contribution in [0.15, 0.2) is 60.9 Å². The Balaban J connectivity index is 0.000000161. The van der Waals surface area contributed by atoms with Crippen molar-refractivity contribution < 1.29 is 0 Å². The van der Waals surface area contributed by atoms with Gasteiger partial charge in [0.2, 0.25) is 0 Å². The van der Waals surface area contributed by atoms with Crippen molar-refractivity contribution in [3.63, 3.8) is 0 Å². The SMILES string of the molecule is N#Cc1cc(C#N)c(C#N)cc1C#N.c1cnc2c(c1)ccc1ncccc12. The van der Waals surface area contributed by atoms with Gasteiger partial charge in [-0.3, -0.25) is 9.97 Å². The van der Waals surface area contributed by atoms with Crippen LogP contribution in [0.25, 0.3) is 21.8 Å². The zero-order valence-corrected chi connectivity index (χ0v) is 14.5. The van der Waals surface area contributed by atoms with E-state index in [1.165, 1.54) is 12.1 Å². The summed E-state index contributed by atoms with van der Waals surface area (Å²) >= 11 is 0. The molecule has 4 aromatic rings. The lowest BCUT2D eigenvalue weighted by molar-refractivity contribution is 1.38. The van der Waals surface area contributed by atoms with Crippen LogP contribution in [0.2, 0.25) is 0 Å². The van der Waals surface area contributed by atoms with Crippen LogP contribution in [0.5, 0.6) is 0 Å². The lowest BCUT2D eigenvalue weighted by Crippen LogP contribution is -1.90. The number of nitriles is 4. The zero-order chi connectivity index (χ0) is 19.9. The molecule has 28 heavy (non-hydrogen) atoms. The molecule has 0 radical (unpaired) electrons. The predicted molar refractivity (Wildman–Crippen MR) is 102 cm³/mol. The van der Waals surface area contributed by atoms with Gasteiger partial charge in [0.25, 0.3) is 0 Å².